The molecule has 4 nitrogen and oxygen atoms in total. The Morgan fingerprint density at radius 3 is 2.77 bits per heavy atom. The highest BCUT2D eigenvalue weighted by Crippen LogP contribution is 2.32. The molecule has 2 atom stereocenters. The molecule has 0 saturated carbocycles. The molecule has 0 radical (unpaired) electrons. The van der Waals surface area contributed by atoms with Gasteiger partial charge in [0, 0.05) is 23.0 Å². The predicted molar refractivity (Wildman–Crippen MR) is 86.0 cm³/mol. The van der Waals surface area contributed by atoms with Crippen LogP contribution in [0.3, 0.4) is 0 Å². The standard InChI is InChI=1S/C18H22N2O2/c1-11-9-14-3-4-15(10-16(14)22-11)18(21)19-17-12(2)20-7-5-13(17)6-8-20/h3-4,9-10,12-13,17H,5-8H2,1-2H3,(H,19,21)/t12-,17-/m0/s1. The van der Waals surface area contributed by atoms with Crippen LogP contribution in [0.25, 0.3) is 11.0 Å². The number of piperidine rings is 3. The van der Waals surface area contributed by atoms with Gasteiger partial charge in [0.2, 0.25) is 0 Å². The Labute approximate surface area is 130 Å². The zero-order valence-electron chi connectivity index (χ0n) is 13.1. The molecule has 3 saturated heterocycles. The lowest BCUT2D eigenvalue weighted by Gasteiger charge is -2.49. The van der Waals surface area contributed by atoms with Crippen molar-refractivity contribution in [2.45, 2.75) is 38.8 Å². The first kappa shape index (κ1) is 13.8. The van der Waals surface area contributed by atoms with E-state index in [9.17, 15) is 4.79 Å². The third-order valence-electron chi connectivity index (χ3n) is 5.38. The van der Waals surface area contributed by atoms with Crippen LogP contribution < -0.4 is 5.32 Å². The first-order chi connectivity index (χ1) is 10.6. The Hall–Kier alpha value is -1.81. The van der Waals surface area contributed by atoms with E-state index in [1.54, 1.807) is 0 Å². The van der Waals surface area contributed by atoms with Crippen LogP contribution in [0.4, 0.5) is 0 Å². The fourth-order valence-corrected chi connectivity index (χ4v) is 4.09. The maximum absolute atomic E-state index is 12.6. The summed E-state index contributed by atoms with van der Waals surface area (Å²) < 4.78 is 5.63. The van der Waals surface area contributed by atoms with Gasteiger partial charge in [0.25, 0.3) is 5.91 Å². The average Bonchev–Trinajstić information content (AvgIpc) is 2.90. The van der Waals surface area contributed by atoms with Gasteiger partial charge in [-0.3, -0.25) is 9.69 Å². The van der Waals surface area contributed by atoms with Crippen molar-refractivity contribution in [1.82, 2.24) is 10.2 Å². The smallest absolute Gasteiger partial charge is 0.251 e. The van der Waals surface area contributed by atoms with Crippen molar-refractivity contribution in [2.75, 3.05) is 13.1 Å². The van der Waals surface area contributed by atoms with Crippen LogP contribution in [0.5, 0.6) is 0 Å². The van der Waals surface area contributed by atoms with Gasteiger partial charge in [-0.05, 0) is 63.9 Å². The number of nitrogens with one attached hydrogen (secondary N) is 1. The van der Waals surface area contributed by atoms with Crippen molar-refractivity contribution in [3.05, 3.63) is 35.6 Å². The lowest BCUT2D eigenvalue weighted by atomic mass is 9.79. The average molecular weight is 298 g/mol. The van der Waals surface area contributed by atoms with Gasteiger partial charge < -0.3 is 9.73 Å². The van der Waals surface area contributed by atoms with Crippen LogP contribution in [0.2, 0.25) is 0 Å². The number of carbonyl (C=O) groups excluding carboxylic acids is 1. The summed E-state index contributed by atoms with van der Waals surface area (Å²) in [5.41, 5.74) is 1.47. The largest absolute Gasteiger partial charge is 0.461 e. The third-order valence-corrected chi connectivity index (χ3v) is 5.38. The Kier molecular flexibility index (Phi) is 3.22. The zero-order valence-corrected chi connectivity index (χ0v) is 13.1. The van der Waals surface area contributed by atoms with E-state index in [-0.39, 0.29) is 11.9 Å². The highest BCUT2D eigenvalue weighted by Gasteiger charge is 2.40. The molecule has 0 aliphatic carbocycles. The second-order valence-corrected chi connectivity index (χ2v) is 6.72. The number of benzene rings is 1. The van der Waals surface area contributed by atoms with Crippen molar-refractivity contribution >= 4 is 16.9 Å². The molecule has 3 fully saturated rings. The molecule has 2 aromatic rings. The molecule has 4 heterocycles. The minimum atomic E-state index is 0.0153. The SMILES string of the molecule is Cc1cc2ccc(C(=O)N[C@@H]3C4CCN(CC4)[C@H]3C)cc2o1. The summed E-state index contributed by atoms with van der Waals surface area (Å²) in [5, 5.41) is 4.31. The summed E-state index contributed by atoms with van der Waals surface area (Å²) in [4.78, 5) is 15.1. The fourth-order valence-electron chi connectivity index (χ4n) is 4.09. The van der Waals surface area contributed by atoms with Crippen molar-refractivity contribution < 1.29 is 9.21 Å². The van der Waals surface area contributed by atoms with Crippen molar-refractivity contribution in [2.24, 2.45) is 5.92 Å². The lowest BCUT2D eigenvalue weighted by Crippen LogP contribution is -2.62. The predicted octanol–water partition coefficient (Wildman–Crippen LogP) is 2.95. The van der Waals surface area contributed by atoms with Crippen LogP contribution in [-0.4, -0.2) is 36.0 Å². The van der Waals surface area contributed by atoms with Gasteiger partial charge in [-0.25, -0.2) is 0 Å². The van der Waals surface area contributed by atoms with E-state index < -0.39 is 0 Å². The fraction of sp³-hybridized carbons (Fsp3) is 0.500. The number of aryl methyl sites for hydroxylation is 1. The minimum absolute atomic E-state index is 0.0153. The van der Waals surface area contributed by atoms with Gasteiger partial charge >= 0.3 is 0 Å². The number of carbonyl (C=O) groups is 1. The van der Waals surface area contributed by atoms with E-state index in [1.807, 2.05) is 31.2 Å². The van der Waals surface area contributed by atoms with Crippen LogP contribution in [0, 0.1) is 12.8 Å². The number of fused-ring (bicyclic) bond motifs is 4. The van der Waals surface area contributed by atoms with Crippen molar-refractivity contribution in [1.29, 1.82) is 0 Å². The number of hydrogen-bond donors (Lipinski definition) is 1. The zero-order chi connectivity index (χ0) is 15.3. The van der Waals surface area contributed by atoms with Crippen LogP contribution in [0.1, 0.15) is 35.9 Å². The number of amides is 1. The third kappa shape index (κ3) is 2.22. The number of rotatable bonds is 2. The summed E-state index contributed by atoms with van der Waals surface area (Å²) in [5.74, 6) is 1.51. The van der Waals surface area contributed by atoms with Crippen LogP contribution in [0.15, 0.2) is 28.7 Å². The Bertz CT molecular complexity index is 711. The second kappa shape index (κ2) is 5.13. The summed E-state index contributed by atoms with van der Waals surface area (Å²) in [6, 6.07) is 8.39. The molecule has 3 aliphatic rings. The van der Waals surface area contributed by atoms with E-state index in [1.165, 1.54) is 25.9 Å². The maximum Gasteiger partial charge on any atom is 0.251 e. The molecular weight excluding hydrogens is 276 g/mol. The number of hydrogen-bond acceptors (Lipinski definition) is 3. The minimum Gasteiger partial charge on any atom is -0.461 e. The van der Waals surface area contributed by atoms with Gasteiger partial charge in [0.05, 0.1) is 0 Å². The van der Waals surface area contributed by atoms with Crippen LogP contribution in [-0.2, 0) is 0 Å². The van der Waals surface area contributed by atoms with E-state index >= 15 is 0 Å². The summed E-state index contributed by atoms with van der Waals surface area (Å²) in [6.45, 7) is 6.51. The molecule has 1 amide bonds. The maximum atomic E-state index is 12.6. The molecular formula is C18H22N2O2. The molecule has 1 aromatic carbocycles. The first-order valence-corrected chi connectivity index (χ1v) is 8.17. The van der Waals surface area contributed by atoms with Crippen molar-refractivity contribution in [3.8, 4) is 0 Å². The molecule has 2 bridgehead atoms. The second-order valence-electron chi connectivity index (χ2n) is 6.72. The topological polar surface area (TPSA) is 45.5 Å². The molecule has 3 aliphatic heterocycles. The van der Waals surface area contributed by atoms with Gasteiger partial charge in [-0.1, -0.05) is 6.07 Å². The monoisotopic (exact) mass is 298 g/mol. The van der Waals surface area contributed by atoms with Gasteiger partial charge in [-0.2, -0.15) is 0 Å². The summed E-state index contributed by atoms with van der Waals surface area (Å²) >= 11 is 0. The molecule has 4 heteroatoms. The highest BCUT2D eigenvalue weighted by atomic mass is 16.3. The lowest BCUT2D eigenvalue weighted by molar-refractivity contribution is 0.0217. The molecule has 22 heavy (non-hydrogen) atoms. The van der Waals surface area contributed by atoms with Gasteiger partial charge in [0.15, 0.2) is 0 Å². The molecule has 1 aromatic heterocycles. The van der Waals surface area contributed by atoms with E-state index in [0.29, 0.717) is 17.5 Å². The Morgan fingerprint density at radius 2 is 2.05 bits per heavy atom. The molecule has 0 spiro atoms. The Morgan fingerprint density at radius 1 is 1.27 bits per heavy atom. The number of nitrogens with zero attached hydrogens (tertiary/aromatic N) is 1. The normalized spacial score (nSPS) is 30.6. The quantitative estimate of drug-likeness (QED) is 0.927. The number of furan rings is 1. The molecule has 0 unspecified atom stereocenters. The summed E-state index contributed by atoms with van der Waals surface area (Å²) in [6.07, 6.45) is 2.40. The van der Waals surface area contributed by atoms with E-state index in [2.05, 4.69) is 17.1 Å². The molecule has 5 rings (SSSR count). The molecule has 116 valence electrons. The summed E-state index contributed by atoms with van der Waals surface area (Å²) in [7, 11) is 0. The van der Waals surface area contributed by atoms with Crippen LogP contribution >= 0.6 is 0 Å². The van der Waals surface area contributed by atoms with E-state index in [4.69, 9.17) is 4.42 Å². The first-order valence-electron chi connectivity index (χ1n) is 8.17. The van der Waals surface area contributed by atoms with Gasteiger partial charge in [0.1, 0.15) is 11.3 Å². The van der Waals surface area contributed by atoms with Crippen molar-refractivity contribution in [3.63, 3.8) is 0 Å². The van der Waals surface area contributed by atoms with Gasteiger partial charge in [-0.15, -0.1) is 0 Å². The Balaban J connectivity index is 1.55. The van der Waals surface area contributed by atoms with E-state index in [0.717, 1.165) is 16.7 Å². The molecule has 1 N–H and O–H groups in total. The highest BCUT2D eigenvalue weighted by molar-refractivity contribution is 5.97.